The monoisotopic (exact) mass is 387 g/mol. The number of allylic oxidation sites excluding steroid dienone is 2. The van der Waals surface area contributed by atoms with Crippen molar-refractivity contribution in [3.05, 3.63) is 58.9 Å². The molecular formula is C23H21N3O3. The lowest BCUT2D eigenvalue weighted by atomic mass is 9.68. The standard InChI is InChI=1S/C23H21N3O3/c1-23(2)8-16-22(17(27)9-23)20(12-3-6-18-19(7-12)29-11-28-18)21-13-10-24-26-14(13)4-5-15(21)25-16/h3-7,10,20,25H,8-9,11H2,1-2H3,(H,24,26). The van der Waals surface area contributed by atoms with Crippen molar-refractivity contribution in [2.24, 2.45) is 5.41 Å². The van der Waals surface area contributed by atoms with E-state index in [1.165, 1.54) is 0 Å². The van der Waals surface area contributed by atoms with Crippen molar-refractivity contribution >= 4 is 22.4 Å². The number of hydrogen-bond donors (Lipinski definition) is 2. The second-order valence-corrected chi connectivity index (χ2v) is 8.86. The Morgan fingerprint density at radius 2 is 1.97 bits per heavy atom. The first kappa shape index (κ1) is 16.7. The number of anilines is 1. The number of ether oxygens (including phenoxy) is 2. The molecule has 146 valence electrons. The van der Waals surface area contributed by atoms with E-state index in [1.807, 2.05) is 30.5 Å². The van der Waals surface area contributed by atoms with Gasteiger partial charge in [-0.25, -0.2) is 0 Å². The van der Waals surface area contributed by atoms with E-state index in [4.69, 9.17) is 9.47 Å². The van der Waals surface area contributed by atoms with Crippen molar-refractivity contribution in [3.8, 4) is 11.5 Å². The molecule has 1 aromatic heterocycles. The quantitative estimate of drug-likeness (QED) is 0.643. The van der Waals surface area contributed by atoms with Crippen LogP contribution in [0.5, 0.6) is 11.5 Å². The fourth-order valence-corrected chi connectivity index (χ4v) is 4.97. The van der Waals surface area contributed by atoms with Crippen LogP contribution in [0.3, 0.4) is 0 Å². The van der Waals surface area contributed by atoms with Crippen LogP contribution in [0.2, 0.25) is 0 Å². The highest BCUT2D eigenvalue weighted by molar-refractivity contribution is 6.04. The highest BCUT2D eigenvalue weighted by Crippen LogP contribution is 2.51. The fraction of sp³-hybridized carbons (Fsp3) is 0.304. The molecule has 0 spiro atoms. The van der Waals surface area contributed by atoms with Crippen molar-refractivity contribution in [2.75, 3.05) is 12.1 Å². The van der Waals surface area contributed by atoms with Crippen molar-refractivity contribution in [3.63, 3.8) is 0 Å². The molecule has 2 aromatic carbocycles. The van der Waals surface area contributed by atoms with Gasteiger partial charge >= 0.3 is 0 Å². The average Bonchev–Trinajstić information content (AvgIpc) is 3.33. The van der Waals surface area contributed by atoms with Crippen LogP contribution in [0.1, 0.15) is 43.7 Å². The first-order valence-electron chi connectivity index (χ1n) is 9.89. The summed E-state index contributed by atoms with van der Waals surface area (Å²) in [6.07, 6.45) is 3.24. The molecule has 0 saturated carbocycles. The molecule has 6 heteroatoms. The molecule has 0 amide bonds. The smallest absolute Gasteiger partial charge is 0.231 e. The number of Topliss-reactive ketones (excluding diaryl/α,β-unsaturated/α-hetero) is 1. The van der Waals surface area contributed by atoms with Gasteiger partial charge in [-0.2, -0.15) is 5.10 Å². The summed E-state index contributed by atoms with van der Waals surface area (Å²) in [6.45, 7) is 4.54. The number of aromatic amines is 1. The van der Waals surface area contributed by atoms with E-state index in [0.29, 0.717) is 6.42 Å². The van der Waals surface area contributed by atoms with Gasteiger partial charge in [0.2, 0.25) is 6.79 Å². The van der Waals surface area contributed by atoms with Gasteiger partial charge in [0.25, 0.3) is 0 Å². The van der Waals surface area contributed by atoms with Crippen LogP contribution in [0, 0.1) is 5.41 Å². The molecule has 6 nitrogen and oxygen atoms in total. The normalized spacial score (nSPS) is 21.7. The summed E-state index contributed by atoms with van der Waals surface area (Å²) >= 11 is 0. The second-order valence-electron chi connectivity index (χ2n) is 8.86. The van der Waals surface area contributed by atoms with Crippen LogP contribution in [-0.4, -0.2) is 22.8 Å². The lowest BCUT2D eigenvalue weighted by molar-refractivity contribution is -0.118. The Kier molecular flexibility index (Phi) is 3.23. The summed E-state index contributed by atoms with van der Waals surface area (Å²) in [6, 6.07) is 10.1. The largest absolute Gasteiger partial charge is 0.454 e. The maximum Gasteiger partial charge on any atom is 0.231 e. The number of benzene rings is 2. The number of nitrogens with one attached hydrogen (secondary N) is 2. The number of carbonyl (C=O) groups excluding carboxylic acids is 1. The van der Waals surface area contributed by atoms with Crippen LogP contribution in [-0.2, 0) is 4.79 Å². The first-order chi connectivity index (χ1) is 14.0. The summed E-state index contributed by atoms with van der Waals surface area (Å²) in [5.74, 6) is 1.51. The molecule has 6 rings (SSSR count). The number of aromatic nitrogens is 2. The minimum Gasteiger partial charge on any atom is -0.454 e. The highest BCUT2D eigenvalue weighted by Gasteiger charge is 2.41. The molecule has 3 aliphatic rings. The fourth-order valence-electron chi connectivity index (χ4n) is 4.97. The zero-order valence-electron chi connectivity index (χ0n) is 16.3. The Hall–Kier alpha value is -3.28. The van der Waals surface area contributed by atoms with Crippen LogP contribution in [0.4, 0.5) is 5.69 Å². The number of rotatable bonds is 1. The van der Waals surface area contributed by atoms with Gasteiger partial charge in [-0.3, -0.25) is 9.89 Å². The van der Waals surface area contributed by atoms with Gasteiger partial charge in [0.15, 0.2) is 17.3 Å². The SMILES string of the molecule is CC1(C)CC(=O)C2=C(C1)Nc1ccc3[nH]ncc3c1C2c1ccc2c(c1)OCO2. The van der Waals surface area contributed by atoms with Crippen molar-refractivity contribution < 1.29 is 14.3 Å². The Morgan fingerprint density at radius 3 is 2.86 bits per heavy atom. The van der Waals surface area contributed by atoms with E-state index in [2.05, 4.69) is 35.4 Å². The highest BCUT2D eigenvalue weighted by atomic mass is 16.7. The molecule has 0 saturated heterocycles. The van der Waals surface area contributed by atoms with Crippen LogP contribution < -0.4 is 14.8 Å². The van der Waals surface area contributed by atoms with Crippen LogP contribution in [0.15, 0.2) is 47.8 Å². The van der Waals surface area contributed by atoms with Gasteiger partial charge in [0.1, 0.15) is 0 Å². The molecule has 29 heavy (non-hydrogen) atoms. The Balaban J connectivity index is 1.63. The lowest BCUT2D eigenvalue weighted by Gasteiger charge is -2.39. The average molecular weight is 387 g/mol. The van der Waals surface area contributed by atoms with E-state index < -0.39 is 0 Å². The predicted octanol–water partition coefficient (Wildman–Crippen LogP) is 4.49. The van der Waals surface area contributed by atoms with E-state index in [-0.39, 0.29) is 23.9 Å². The van der Waals surface area contributed by atoms with E-state index in [1.54, 1.807) is 0 Å². The van der Waals surface area contributed by atoms with E-state index in [0.717, 1.165) is 56.9 Å². The summed E-state index contributed by atoms with van der Waals surface area (Å²) in [7, 11) is 0. The minimum atomic E-state index is -0.166. The van der Waals surface area contributed by atoms with E-state index >= 15 is 0 Å². The van der Waals surface area contributed by atoms with Gasteiger partial charge in [-0.05, 0) is 47.2 Å². The van der Waals surface area contributed by atoms with Gasteiger partial charge in [-0.1, -0.05) is 19.9 Å². The van der Waals surface area contributed by atoms with Gasteiger partial charge in [-0.15, -0.1) is 0 Å². The predicted molar refractivity (Wildman–Crippen MR) is 109 cm³/mol. The molecule has 2 N–H and O–H groups in total. The van der Waals surface area contributed by atoms with E-state index in [9.17, 15) is 4.79 Å². The first-order valence-corrected chi connectivity index (χ1v) is 9.89. The Labute approximate surface area is 167 Å². The second kappa shape index (κ2) is 5.63. The maximum absolute atomic E-state index is 13.4. The summed E-state index contributed by atoms with van der Waals surface area (Å²) in [5, 5.41) is 11.9. The Bertz CT molecular complexity index is 1220. The summed E-state index contributed by atoms with van der Waals surface area (Å²) < 4.78 is 11.1. The molecule has 0 fully saturated rings. The zero-order valence-corrected chi connectivity index (χ0v) is 16.3. The lowest BCUT2D eigenvalue weighted by Crippen LogP contribution is -2.33. The van der Waals surface area contributed by atoms with Crippen LogP contribution in [0.25, 0.3) is 10.9 Å². The van der Waals surface area contributed by atoms with Crippen LogP contribution >= 0.6 is 0 Å². The molecular weight excluding hydrogens is 366 g/mol. The number of H-pyrrole nitrogens is 1. The third-order valence-corrected chi connectivity index (χ3v) is 6.18. The third kappa shape index (κ3) is 2.41. The molecule has 2 aliphatic heterocycles. The molecule has 3 aromatic rings. The van der Waals surface area contributed by atoms with Gasteiger partial charge in [0.05, 0.1) is 11.7 Å². The topological polar surface area (TPSA) is 76.2 Å². The molecule has 1 atom stereocenters. The summed E-state index contributed by atoms with van der Waals surface area (Å²) in [5.41, 5.74) is 5.95. The molecule has 1 aliphatic carbocycles. The van der Waals surface area contributed by atoms with Crippen molar-refractivity contribution in [1.29, 1.82) is 0 Å². The number of fused-ring (bicyclic) bond motifs is 4. The number of hydrogen-bond acceptors (Lipinski definition) is 5. The summed E-state index contributed by atoms with van der Waals surface area (Å²) in [4.78, 5) is 13.4. The number of nitrogens with zero attached hydrogens (tertiary/aromatic N) is 1. The zero-order chi connectivity index (χ0) is 19.8. The van der Waals surface area contributed by atoms with Gasteiger partial charge < -0.3 is 14.8 Å². The number of carbonyl (C=O) groups is 1. The number of ketones is 1. The molecule has 3 heterocycles. The van der Waals surface area contributed by atoms with Crippen molar-refractivity contribution in [1.82, 2.24) is 10.2 Å². The van der Waals surface area contributed by atoms with Crippen molar-refractivity contribution in [2.45, 2.75) is 32.6 Å². The Morgan fingerprint density at radius 1 is 1.10 bits per heavy atom. The maximum atomic E-state index is 13.4. The van der Waals surface area contributed by atoms with Gasteiger partial charge in [0, 0.05) is 34.7 Å². The minimum absolute atomic E-state index is 0.0560. The third-order valence-electron chi connectivity index (χ3n) is 6.18. The molecule has 0 radical (unpaired) electrons. The molecule has 0 bridgehead atoms. The molecule has 1 unspecified atom stereocenters.